The van der Waals surface area contributed by atoms with Gasteiger partial charge in [-0.15, -0.1) is 0 Å². The highest BCUT2D eigenvalue weighted by molar-refractivity contribution is 6.07. The number of oxazole rings is 1. The molecule has 1 aromatic heterocycles. The van der Waals surface area contributed by atoms with Crippen LogP contribution in [0.4, 0.5) is 0 Å². The van der Waals surface area contributed by atoms with Crippen LogP contribution in [-0.4, -0.2) is 29.7 Å². The zero-order chi connectivity index (χ0) is 19.0. The van der Waals surface area contributed by atoms with Gasteiger partial charge in [-0.2, -0.15) is 5.10 Å². The molecule has 27 heavy (non-hydrogen) atoms. The van der Waals surface area contributed by atoms with Crippen LogP contribution in [0.2, 0.25) is 0 Å². The Kier molecular flexibility index (Phi) is 4.19. The Labute approximate surface area is 155 Å². The number of hydrogen-bond acceptors (Lipinski definition) is 6. The van der Waals surface area contributed by atoms with Crippen LogP contribution in [0, 0.1) is 5.92 Å². The van der Waals surface area contributed by atoms with Crippen molar-refractivity contribution in [2.75, 3.05) is 7.11 Å². The number of carbonyl (C=O) groups is 2. The van der Waals surface area contributed by atoms with E-state index in [0.29, 0.717) is 23.5 Å². The van der Waals surface area contributed by atoms with E-state index in [0.717, 1.165) is 22.4 Å². The van der Waals surface area contributed by atoms with E-state index < -0.39 is 5.97 Å². The number of benzene rings is 2. The molecule has 1 N–H and O–H groups in total. The van der Waals surface area contributed by atoms with Gasteiger partial charge < -0.3 is 9.15 Å². The number of methoxy groups -OCH3 is 1. The lowest BCUT2D eigenvalue weighted by atomic mass is 9.94. The van der Waals surface area contributed by atoms with Crippen LogP contribution < -0.4 is 5.43 Å². The lowest BCUT2D eigenvalue weighted by Gasteiger charge is -2.18. The fourth-order valence-corrected chi connectivity index (χ4v) is 3.08. The molecule has 1 amide bonds. The average molecular weight is 363 g/mol. The Morgan fingerprint density at radius 1 is 1.19 bits per heavy atom. The van der Waals surface area contributed by atoms with Gasteiger partial charge in [-0.3, -0.25) is 4.79 Å². The normalized spacial score (nSPS) is 16.7. The summed E-state index contributed by atoms with van der Waals surface area (Å²) in [6.45, 7) is 1.97. The number of rotatable bonds is 3. The van der Waals surface area contributed by atoms with Crippen LogP contribution >= 0.6 is 0 Å². The second-order valence-electron chi connectivity index (χ2n) is 6.41. The first-order valence-corrected chi connectivity index (χ1v) is 8.51. The lowest BCUT2D eigenvalue weighted by molar-refractivity contribution is -0.121. The Morgan fingerprint density at radius 2 is 1.93 bits per heavy atom. The highest BCUT2D eigenvalue weighted by Crippen LogP contribution is 2.27. The van der Waals surface area contributed by atoms with Crippen LogP contribution in [0.1, 0.15) is 29.3 Å². The summed E-state index contributed by atoms with van der Waals surface area (Å²) in [7, 11) is 1.34. The van der Waals surface area contributed by atoms with E-state index >= 15 is 0 Å². The molecule has 7 heteroatoms. The van der Waals surface area contributed by atoms with Gasteiger partial charge in [0.1, 0.15) is 5.52 Å². The molecule has 0 saturated carbocycles. The van der Waals surface area contributed by atoms with E-state index in [1.165, 1.54) is 7.11 Å². The Balaban J connectivity index is 1.67. The van der Waals surface area contributed by atoms with E-state index in [2.05, 4.69) is 15.5 Å². The molecular weight excluding hydrogens is 346 g/mol. The van der Waals surface area contributed by atoms with Gasteiger partial charge in [0.25, 0.3) is 0 Å². The molecule has 0 fully saturated rings. The number of carbonyl (C=O) groups excluding carboxylic acids is 2. The molecular formula is C20H17N3O4. The highest BCUT2D eigenvalue weighted by atomic mass is 16.5. The fourth-order valence-electron chi connectivity index (χ4n) is 3.08. The van der Waals surface area contributed by atoms with E-state index in [4.69, 9.17) is 9.15 Å². The van der Waals surface area contributed by atoms with E-state index in [1.54, 1.807) is 24.3 Å². The smallest absolute Gasteiger partial charge is 0.337 e. The predicted molar refractivity (Wildman–Crippen MR) is 99.2 cm³/mol. The van der Waals surface area contributed by atoms with Gasteiger partial charge >= 0.3 is 5.97 Å². The van der Waals surface area contributed by atoms with Gasteiger partial charge in [0.15, 0.2) is 5.58 Å². The summed E-state index contributed by atoms with van der Waals surface area (Å²) in [5.41, 5.74) is 6.80. The summed E-state index contributed by atoms with van der Waals surface area (Å²) in [6.07, 6.45) is 0.408. The highest BCUT2D eigenvalue weighted by Gasteiger charge is 2.22. The number of nitrogens with zero attached hydrogens (tertiary/aromatic N) is 2. The molecule has 1 aliphatic heterocycles. The van der Waals surface area contributed by atoms with Crippen molar-refractivity contribution in [2.45, 2.75) is 13.3 Å². The third-order valence-corrected chi connectivity index (χ3v) is 4.50. The number of hydrogen-bond donors (Lipinski definition) is 1. The Morgan fingerprint density at radius 3 is 2.63 bits per heavy atom. The lowest BCUT2D eigenvalue weighted by Crippen LogP contribution is -2.31. The zero-order valence-corrected chi connectivity index (χ0v) is 14.9. The maximum atomic E-state index is 11.5. The van der Waals surface area contributed by atoms with Crippen molar-refractivity contribution in [3.8, 4) is 11.5 Å². The standard InChI is InChI=1S/C20H17N3O4/c1-11-9-17(24)22-23-18(11)14-7-8-15-16(10-14)27-19(21-15)12-3-5-13(6-4-12)20(25)26-2/h3-8,10-11H,9H2,1-2H3,(H,22,24). The van der Waals surface area contributed by atoms with Crippen molar-refractivity contribution in [2.24, 2.45) is 11.0 Å². The number of aromatic nitrogens is 1. The largest absolute Gasteiger partial charge is 0.465 e. The average Bonchev–Trinajstić information content (AvgIpc) is 3.11. The van der Waals surface area contributed by atoms with Gasteiger partial charge in [0.05, 0.1) is 18.4 Å². The monoisotopic (exact) mass is 363 g/mol. The molecule has 0 radical (unpaired) electrons. The van der Waals surface area contributed by atoms with Gasteiger partial charge in [0.2, 0.25) is 11.8 Å². The van der Waals surface area contributed by atoms with Crippen molar-refractivity contribution in [1.29, 1.82) is 0 Å². The van der Waals surface area contributed by atoms with Crippen LogP contribution in [-0.2, 0) is 9.53 Å². The summed E-state index contributed by atoms with van der Waals surface area (Å²) in [5, 5.41) is 4.18. The molecule has 3 aromatic rings. The van der Waals surface area contributed by atoms with Crippen molar-refractivity contribution < 1.29 is 18.7 Å². The number of nitrogens with one attached hydrogen (secondary N) is 1. The van der Waals surface area contributed by atoms with E-state index in [-0.39, 0.29) is 11.8 Å². The minimum absolute atomic E-state index is 0.0319. The maximum absolute atomic E-state index is 11.5. The molecule has 0 saturated heterocycles. The number of hydrazone groups is 1. The topological polar surface area (TPSA) is 93.8 Å². The third kappa shape index (κ3) is 3.19. The van der Waals surface area contributed by atoms with Crippen molar-refractivity contribution in [3.05, 3.63) is 53.6 Å². The molecule has 7 nitrogen and oxygen atoms in total. The summed E-state index contributed by atoms with van der Waals surface area (Å²) >= 11 is 0. The number of ether oxygens (including phenoxy) is 1. The number of amides is 1. The van der Waals surface area contributed by atoms with E-state index in [9.17, 15) is 9.59 Å². The number of fused-ring (bicyclic) bond motifs is 1. The molecule has 2 aromatic carbocycles. The van der Waals surface area contributed by atoms with Crippen molar-refractivity contribution in [3.63, 3.8) is 0 Å². The van der Waals surface area contributed by atoms with Crippen LogP contribution in [0.5, 0.6) is 0 Å². The summed E-state index contributed by atoms with van der Waals surface area (Å²) in [6, 6.07) is 12.5. The number of esters is 1. The van der Waals surface area contributed by atoms with Crippen molar-refractivity contribution >= 4 is 28.7 Å². The minimum atomic E-state index is -0.391. The summed E-state index contributed by atoms with van der Waals surface area (Å²) in [4.78, 5) is 27.5. The molecule has 2 heterocycles. The van der Waals surface area contributed by atoms with Gasteiger partial charge in [-0.05, 0) is 36.4 Å². The second kappa shape index (κ2) is 6.68. The Bertz CT molecular complexity index is 1070. The molecule has 1 aliphatic rings. The quantitative estimate of drug-likeness (QED) is 0.722. The molecule has 1 unspecified atom stereocenters. The second-order valence-corrected chi connectivity index (χ2v) is 6.41. The maximum Gasteiger partial charge on any atom is 0.337 e. The first-order valence-electron chi connectivity index (χ1n) is 8.51. The fraction of sp³-hybridized carbons (Fsp3) is 0.200. The first kappa shape index (κ1) is 17.0. The SMILES string of the molecule is COC(=O)c1ccc(-c2nc3ccc(C4=NNC(=O)CC4C)cc3o2)cc1. The minimum Gasteiger partial charge on any atom is -0.465 e. The molecule has 0 spiro atoms. The van der Waals surface area contributed by atoms with Gasteiger partial charge in [0, 0.05) is 23.5 Å². The van der Waals surface area contributed by atoms with Crippen LogP contribution in [0.25, 0.3) is 22.6 Å². The summed E-state index contributed by atoms with van der Waals surface area (Å²) < 4.78 is 10.6. The molecule has 136 valence electrons. The Hall–Kier alpha value is -3.48. The molecule has 0 aliphatic carbocycles. The molecule has 1 atom stereocenters. The van der Waals surface area contributed by atoms with Crippen LogP contribution in [0.15, 0.2) is 52.0 Å². The van der Waals surface area contributed by atoms with Gasteiger partial charge in [-0.25, -0.2) is 15.2 Å². The van der Waals surface area contributed by atoms with E-state index in [1.807, 2.05) is 25.1 Å². The first-order chi connectivity index (χ1) is 13.0. The predicted octanol–water partition coefficient (Wildman–Crippen LogP) is 3.14. The zero-order valence-electron chi connectivity index (χ0n) is 14.9. The molecule has 4 rings (SSSR count). The third-order valence-electron chi connectivity index (χ3n) is 4.50. The van der Waals surface area contributed by atoms with Crippen molar-refractivity contribution in [1.82, 2.24) is 10.4 Å². The van der Waals surface area contributed by atoms with Gasteiger partial charge in [-0.1, -0.05) is 13.0 Å². The summed E-state index contributed by atoms with van der Waals surface area (Å²) in [5.74, 6) is 0.0258. The van der Waals surface area contributed by atoms with Crippen LogP contribution in [0.3, 0.4) is 0 Å². The molecule has 0 bridgehead atoms.